The number of hydrogen-bond donors (Lipinski definition) is 2. The van der Waals surface area contributed by atoms with Crippen LogP contribution >= 0.6 is 0 Å². The summed E-state index contributed by atoms with van der Waals surface area (Å²) in [6, 6.07) is 8.05. The Balaban J connectivity index is 1.94. The van der Waals surface area contributed by atoms with E-state index in [1.54, 1.807) is 4.90 Å². The first-order valence-electron chi connectivity index (χ1n) is 6.70. The third kappa shape index (κ3) is 3.15. The Morgan fingerprint density at radius 1 is 1.39 bits per heavy atom. The Morgan fingerprint density at radius 2 is 2.28 bits per heavy atom. The third-order valence-electron chi connectivity index (χ3n) is 3.12. The topological polar surface area (TPSA) is 44.4 Å². The lowest BCUT2D eigenvalue weighted by molar-refractivity contribution is 0.252. The fraction of sp³-hybridized carbons (Fsp3) is 0.500. The van der Waals surface area contributed by atoms with Crippen molar-refractivity contribution in [1.82, 2.24) is 5.32 Å². The largest absolute Gasteiger partial charge is 0.385 e. The number of carbonyl (C=O) groups excluding carboxylic acids is 1. The molecule has 4 nitrogen and oxygen atoms in total. The normalized spacial score (nSPS) is 14.7. The van der Waals surface area contributed by atoms with Crippen LogP contribution in [0.3, 0.4) is 0 Å². The van der Waals surface area contributed by atoms with E-state index in [0.717, 1.165) is 31.0 Å². The first-order chi connectivity index (χ1) is 8.81. The van der Waals surface area contributed by atoms with Gasteiger partial charge in [-0.3, -0.25) is 4.90 Å². The highest BCUT2D eigenvalue weighted by Gasteiger charge is 2.20. The quantitative estimate of drug-likeness (QED) is 0.759. The highest BCUT2D eigenvalue weighted by Crippen LogP contribution is 2.20. The molecule has 1 heterocycles. The van der Waals surface area contributed by atoms with Gasteiger partial charge in [0.25, 0.3) is 0 Å². The fourth-order valence-electron chi connectivity index (χ4n) is 2.11. The smallest absolute Gasteiger partial charge is 0.321 e. The first kappa shape index (κ1) is 12.7. The van der Waals surface area contributed by atoms with Gasteiger partial charge in [0, 0.05) is 31.0 Å². The number of nitrogens with one attached hydrogen (secondary N) is 2. The van der Waals surface area contributed by atoms with E-state index in [1.165, 1.54) is 19.3 Å². The molecule has 0 spiro atoms. The zero-order chi connectivity index (χ0) is 12.8. The minimum absolute atomic E-state index is 0.00173. The predicted molar refractivity (Wildman–Crippen MR) is 75.2 cm³/mol. The van der Waals surface area contributed by atoms with Gasteiger partial charge >= 0.3 is 6.03 Å². The van der Waals surface area contributed by atoms with Crippen LogP contribution in [0.4, 0.5) is 16.2 Å². The molecule has 4 heteroatoms. The van der Waals surface area contributed by atoms with Gasteiger partial charge in [0.05, 0.1) is 0 Å². The molecule has 18 heavy (non-hydrogen) atoms. The molecule has 1 aliphatic heterocycles. The van der Waals surface area contributed by atoms with Crippen LogP contribution in [0.15, 0.2) is 24.3 Å². The van der Waals surface area contributed by atoms with Crippen molar-refractivity contribution in [3.05, 3.63) is 24.3 Å². The summed E-state index contributed by atoms with van der Waals surface area (Å²) in [5, 5.41) is 6.21. The van der Waals surface area contributed by atoms with Crippen LogP contribution in [0.2, 0.25) is 0 Å². The molecule has 0 aliphatic carbocycles. The average molecular weight is 247 g/mol. The van der Waals surface area contributed by atoms with Gasteiger partial charge in [0.15, 0.2) is 0 Å². The Bertz CT molecular complexity index is 406. The molecular weight excluding hydrogens is 226 g/mol. The van der Waals surface area contributed by atoms with Gasteiger partial charge in [-0.1, -0.05) is 25.8 Å². The lowest BCUT2D eigenvalue weighted by atomic mass is 10.2. The summed E-state index contributed by atoms with van der Waals surface area (Å²) in [7, 11) is 0. The second kappa shape index (κ2) is 6.28. The van der Waals surface area contributed by atoms with E-state index >= 15 is 0 Å². The number of urea groups is 1. The Labute approximate surface area is 108 Å². The minimum Gasteiger partial charge on any atom is -0.385 e. The van der Waals surface area contributed by atoms with Crippen LogP contribution in [0.1, 0.15) is 26.2 Å². The maximum atomic E-state index is 11.6. The Kier molecular flexibility index (Phi) is 4.45. The summed E-state index contributed by atoms with van der Waals surface area (Å²) in [6.45, 7) is 4.67. The summed E-state index contributed by atoms with van der Waals surface area (Å²) < 4.78 is 0. The van der Waals surface area contributed by atoms with Crippen molar-refractivity contribution < 1.29 is 4.79 Å². The molecule has 98 valence electrons. The van der Waals surface area contributed by atoms with Crippen molar-refractivity contribution >= 4 is 17.4 Å². The maximum absolute atomic E-state index is 11.6. The third-order valence-corrected chi connectivity index (χ3v) is 3.12. The lowest BCUT2D eigenvalue weighted by Gasteiger charge is -2.15. The molecule has 0 radical (unpaired) electrons. The SMILES string of the molecule is CCCCCNc1cccc(N2CCNC2=O)c1. The summed E-state index contributed by atoms with van der Waals surface area (Å²) in [6.07, 6.45) is 3.67. The highest BCUT2D eigenvalue weighted by atomic mass is 16.2. The monoisotopic (exact) mass is 247 g/mol. The number of benzene rings is 1. The summed E-state index contributed by atoms with van der Waals surface area (Å²) in [5.41, 5.74) is 2.05. The van der Waals surface area contributed by atoms with E-state index in [0.29, 0.717) is 0 Å². The molecule has 2 rings (SSSR count). The van der Waals surface area contributed by atoms with E-state index in [1.807, 2.05) is 24.3 Å². The zero-order valence-corrected chi connectivity index (χ0v) is 10.9. The first-order valence-corrected chi connectivity index (χ1v) is 6.70. The van der Waals surface area contributed by atoms with E-state index in [-0.39, 0.29) is 6.03 Å². The van der Waals surface area contributed by atoms with Crippen molar-refractivity contribution in [3.63, 3.8) is 0 Å². The predicted octanol–water partition coefficient (Wildman–Crippen LogP) is 2.82. The summed E-state index contributed by atoms with van der Waals surface area (Å²) in [4.78, 5) is 13.4. The second-order valence-electron chi connectivity index (χ2n) is 4.57. The average Bonchev–Trinajstić information content (AvgIpc) is 2.81. The standard InChI is InChI=1S/C14H21N3O/c1-2-3-4-8-15-12-6-5-7-13(11-12)17-10-9-16-14(17)18/h5-7,11,15H,2-4,8-10H2,1H3,(H,16,18). The number of carbonyl (C=O) groups is 1. The van der Waals surface area contributed by atoms with Gasteiger partial charge in [0.1, 0.15) is 0 Å². The molecule has 1 aromatic carbocycles. The molecule has 1 saturated heterocycles. The molecular formula is C14H21N3O. The number of hydrogen-bond acceptors (Lipinski definition) is 2. The van der Waals surface area contributed by atoms with Crippen molar-refractivity contribution in [2.45, 2.75) is 26.2 Å². The number of nitrogens with zero attached hydrogens (tertiary/aromatic N) is 1. The van der Waals surface area contributed by atoms with Crippen LogP contribution < -0.4 is 15.5 Å². The van der Waals surface area contributed by atoms with Crippen LogP contribution in [0.5, 0.6) is 0 Å². The molecule has 2 N–H and O–H groups in total. The fourth-order valence-corrected chi connectivity index (χ4v) is 2.11. The molecule has 0 saturated carbocycles. The number of unbranched alkanes of at least 4 members (excludes halogenated alkanes) is 2. The van der Waals surface area contributed by atoms with Gasteiger partial charge in [-0.2, -0.15) is 0 Å². The number of amides is 2. The Hall–Kier alpha value is -1.71. The molecule has 0 atom stereocenters. The van der Waals surface area contributed by atoms with E-state index in [4.69, 9.17) is 0 Å². The van der Waals surface area contributed by atoms with Gasteiger partial charge in [-0.25, -0.2) is 4.79 Å². The van der Waals surface area contributed by atoms with Crippen molar-refractivity contribution in [2.24, 2.45) is 0 Å². The molecule has 0 aromatic heterocycles. The van der Waals surface area contributed by atoms with Gasteiger partial charge in [0.2, 0.25) is 0 Å². The van der Waals surface area contributed by atoms with Crippen LogP contribution in [-0.2, 0) is 0 Å². The molecule has 0 unspecified atom stereocenters. The zero-order valence-electron chi connectivity index (χ0n) is 10.9. The molecule has 1 fully saturated rings. The summed E-state index contributed by atoms with van der Waals surface area (Å²) >= 11 is 0. The number of anilines is 2. The van der Waals surface area contributed by atoms with Crippen molar-refractivity contribution in [1.29, 1.82) is 0 Å². The van der Waals surface area contributed by atoms with E-state index in [2.05, 4.69) is 17.6 Å². The molecule has 2 amide bonds. The maximum Gasteiger partial charge on any atom is 0.321 e. The minimum atomic E-state index is -0.00173. The van der Waals surface area contributed by atoms with E-state index in [9.17, 15) is 4.79 Å². The number of rotatable bonds is 6. The van der Waals surface area contributed by atoms with E-state index < -0.39 is 0 Å². The van der Waals surface area contributed by atoms with Gasteiger partial charge < -0.3 is 10.6 Å². The van der Waals surface area contributed by atoms with Gasteiger partial charge in [-0.05, 0) is 24.6 Å². The molecule has 0 bridgehead atoms. The van der Waals surface area contributed by atoms with Crippen LogP contribution in [0.25, 0.3) is 0 Å². The highest BCUT2D eigenvalue weighted by molar-refractivity contribution is 5.94. The van der Waals surface area contributed by atoms with Crippen molar-refractivity contribution in [2.75, 3.05) is 29.9 Å². The molecule has 1 aliphatic rings. The van der Waals surface area contributed by atoms with Crippen LogP contribution in [-0.4, -0.2) is 25.7 Å². The summed E-state index contributed by atoms with van der Waals surface area (Å²) in [5.74, 6) is 0. The van der Waals surface area contributed by atoms with Crippen LogP contribution in [0, 0.1) is 0 Å². The lowest BCUT2D eigenvalue weighted by Crippen LogP contribution is -2.27. The van der Waals surface area contributed by atoms with Crippen molar-refractivity contribution in [3.8, 4) is 0 Å². The molecule has 1 aromatic rings. The Morgan fingerprint density at radius 3 is 3.00 bits per heavy atom. The van der Waals surface area contributed by atoms with Gasteiger partial charge in [-0.15, -0.1) is 0 Å². The second-order valence-corrected chi connectivity index (χ2v) is 4.57.